The molecule has 0 spiro atoms. The molecule has 0 aliphatic rings. The summed E-state index contributed by atoms with van der Waals surface area (Å²) in [5.41, 5.74) is 3.83. The number of rotatable bonds is 7. The standard InChI is InChI=1S/C19H25NO3S/c1-5-17-15(10-11-18(20-17)14(2)3)12-23-19-9-7-6-8-16(19)13-24(4,21)22/h6-11,14H,5,12-13H2,1-4H3. The first-order valence-corrected chi connectivity index (χ1v) is 10.2. The summed E-state index contributed by atoms with van der Waals surface area (Å²) in [6.45, 7) is 6.71. The Labute approximate surface area is 144 Å². The van der Waals surface area contributed by atoms with E-state index in [1.165, 1.54) is 6.26 Å². The zero-order chi connectivity index (χ0) is 17.7. The molecule has 2 rings (SSSR count). The summed E-state index contributed by atoms with van der Waals surface area (Å²) in [5, 5.41) is 0. The van der Waals surface area contributed by atoms with E-state index in [1.807, 2.05) is 24.3 Å². The highest BCUT2D eigenvalue weighted by molar-refractivity contribution is 7.89. The number of aryl methyl sites for hydroxylation is 1. The average Bonchev–Trinajstić information content (AvgIpc) is 2.52. The van der Waals surface area contributed by atoms with Crippen LogP contribution >= 0.6 is 0 Å². The number of pyridine rings is 1. The van der Waals surface area contributed by atoms with E-state index in [1.54, 1.807) is 6.07 Å². The van der Waals surface area contributed by atoms with Crippen molar-refractivity contribution in [1.29, 1.82) is 0 Å². The Morgan fingerprint density at radius 2 is 1.79 bits per heavy atom. The van der Waals surface area contributed by atoms with Crippen LogP contribution in [0, 0.1) is 0 Å². The van der Waals surface area contributed by atoms with Crippen molar-refractivity contribution in [2.45, 2.75) is 45.5 Å². The highest BCUT2D eigenvalue weighted by Gasteiger charge is 2.12. The Morgan fingerprint density at radius 3 is 2.42 bits per heavy atom. The Balaban J connectivity index is 2.20. The first-order chi connectivity index (χ1) is 11.3. The van der Waals surface area contributed by atoms with Crippen molar-refractivity contribution < 1.29 is 13.2 Å². The van der Waals surface area contributed by atoms with Crippen LogP contribution in [-0.4, -0.2) is 19.7 Å². The van der Waals surface area contributed by atoms with Crippen LogP contribution in [0.15, 0.2) is 36.4 Å². The number of aromatic nitrogens is 1. The van der Waals surface area contributed by atoms with Crippen molar-refractivity contribution in [2.24, 2.45) is 0 Å². The van der Waals surface area contributed by atoms with E-state index in [4.69, 9.17) is 9.72 Å². The zero-order valence-corrected chi connectivity index (χ0v) is 15.6. The van der Waals surface area contributed by atoms with E-state index in [2.05, 4.69) is 26.8 Å². The van der Waals surface area contributed by atoms with Gasteiger partial charge in [0.15, 0.2) is 9.84 Å². The number of benzene rings is 1. The van der Waals surface area contributed by atoms with Gasteiger partial charge in [0.2, 0.25) is 0 Å². The summed E-state index contributed by atoms with van der Waals surface area (Å²) in [7, 11) is -3.10. The molecule has 0 saturated heterocycles. The van der Waals surface area contributed by atoms with Crippen LogP contribution in [0.4, 0.5) is 0 Å². The molecule has 4 nitrogen and oxygen atoms in total. The number of nitrogens with zero attached hydrogens (tertiary/aromatic N) is 1. The van der Waals surface area contributed by atoms with Gasteiger partial charge in [0.25, 0.3) is 0 Å². The normalized spacial score (nSPS) is 11.7. The lowest BCUT2D eigenvalue weighted by Gasteiger charge is -2.14. The minimum absolute atomic E-state index is 0.0195. The van der Waals surface area contributed by atoms with Gasteiger partial charge < -0.3 is 4.74 Å². The average molecular weight is 347 g/mol. The molecule has 0 aliphatic heterocycles. The minimum atomic E-state index is -3.10. The summed E-state index contributed by atoms with van der Waals surface area (Å²) in [6, 6.07) is 11.4. The fourth-order valence-corrected chi connectivity index (χ4v) is 3.31. The van der Waals surface area contributed by atoms with E-state index in [0.29, 0.717) is 23.8 Å². The molecule has 0 fully saturated rings. The van der Waals surface area contributed by atoms with Crippen LogP contribution in [0.25, 0.3) is 0 Å². The van der Waals surface area contributed by atoms with Crippen LogP contribution in [0.1, 0.15) is 49.2 Å². The SMILES string of the molecule is CCc1nc(C(C)C)ccc1COc1ccccc1CS(C)(=O)=O. The van der Waals surface area contributed by atoms with Crippen molar-refractivity contribution in [3.63, 3.8) is 0 Å². The first kappa shape index (κ1) is 18.5. The Hall–Kier alpha value is -1.88. The molecule has 0 bridgehead atoms. The zero-order valence-electron chi connectivity index (χ0n) is 14.7. The van der Waals surface area contributed by atoms with Gasteiger partial charge in [0.05, 0.1) is 5.75 Å². The number of para-hydroxylation sites is 1. The van der Waals surface area contributed by atoms with E-state index in [-0.39, 0.29) is 5.75 Å². The van der Waals surface area contributed by atoms with Gasteiger partial charge in [-0.1, -0.05) is 45.0 Å². The summed E-state index contributed by atoms with van der Waals surface area (Å²) in [6.07, 6.45) is 2.07. The fraction of sp³-hybridized carbons (Fsp3) is 0.421. The summed E-state index contributed by atoms with van der Waals surface area (Å²) < 4.78 is 29.0. The van der Waals surface area contributed by atoms with Gasteiger partial charge in [0, 0.05) is 28.8 Å². The topological polar surface area (TPSA) is 56.3 Å². The molecule has 0 amide bonds. The molecule has 0 aliphatic carbocycles. The second-order valence-electron chi connectivity index (χ2n) is 6.32. The maximum Gasteiger partial charge on any atom is 0.151 e. The monoisotopic (exact) mass is 347 g/mol. The van der Waals surface area contributed by atoms with Gasteiger partial charge in [-0.3, -0.25) is 4.98 Å². The fourth-order valence-electron chi connectivity index (χ4n) is 2.51. The maximum atomic E-state index is 11.6. The molecule has 24 heavy (non-hydrogen) atoms. The van der Waals surface area contributed by atoms with Crippen molar-refractivity contribution in [3.8, 4) is 5.75 Å². The smallest absolute Gasteiger partial charge is 0.151 e. The van der Waals surface area contributed by atoms with Crippen molar-refractivity contribution in [1.82, 2.24) is 4.98 Å². The molecular weight excluding hydrogens is 322 g/mol. The molecule has 1 aromatic carbocycles. The Bertz CT molecular complexity index is 798. The number of hydrogen-bond donors (Lipinski definition) is 0. The van der Waals surface area contributed by atoms with Gasteiger partial charge in [-0.05, 0) is 24.5 Å². The molecule has 5 heteroatoms. The van der Waals surface area contributed by atoms with Crippen LogP contribution < -0.4 is 4.74 Å². The first-order valence-electron chi connectivity index (χ1n) is 8.17. The molecular formula is C19H25NO3S. The second-order valence-corrected chi connectivity index (χ2v) is 8.46. The molecule has 130 valence electrons. The molecule has 1 aromatic heterocycles. The van der Waals surface area contributed by atoms with Gasteiger partial charge in [0.1, 0.15) is 12.4 Å². The largest absolute Gasteiger partial charge is 0.489 e. The third-order valence-electron chi connectivity index (χ3n) is 3.79. The lowest BCUT2D eigenvalue weighted by molar-refractivity contribution is 0.302. The molecule has 1 heterocycles. The van der Waals surface area contributed by atoms with Crippen LogP contribution in [0.3, 0.4) is 0 Å². The molecule has 0 radical (unpaired) electrons. The van der Waals surface area contributed by atoms with E-state index < -0.39 is 9.84 Å². The number of ether oxygens (including phenoxy) is 1. The van der Waals surface area contributed by atoms with Gasteiger partial charge >= 0.3 is 0 Å². The highest BCUT2D eigenvalue weighted by Crippen LogP contribution is 2.23. The minimum Gasteiger partial charge on any atom is -0.489 e. The van der Waals surface area contributed by atoms with Gasteiger partial charge in [-0.25, -0.2) is 8.42 Å². The predicted molar refractivity (Wildman–Crippen MR) is 97.0 cm³/mol. The Morgan fingerprint density at radius 1 is 1.08 bits per heavy atom. The lowest BCUT2D eigenvalue weighted by atomic mass is 10.1. The summed E-state index contributed by atoms with van der Waals surface area (Å²) in [4.78, 5) is 4.71. The molecule has 0 atom stereocenters. The number of hydrogen-bond acceptors (Lipinski definition) is 4. The van der Waals surface area contributed by atoms with Crippen molar-refractivity contribution in [3.05, 3.63) is 58.9 Å². The van der Waals surface area contributed by atoms with E-state index >= 15 is 0 Å². The predicted octanol–water partition coefficient (Wildman–Crippen LogP) is 3.89. The molecule has 0 unspecified atom stereocenters. The van der Waals surface area contributed by atoms with Crippen molar-refractivity contribution in [2.75, 3.05) is 6.26 Å². The van der Waals surface area contributed by atoms with Gasteiger partial charge in [-0.2, -0.15) is 0 Å². The second kappa shape index (κ2) is 7.79. The highest BCUT2D eigenvalue weighted by atomic mass is 32.2. The Kier molecular flexibility index (Phi) is 5.99. The third-order valence-corrected chi connectivity index (χ3v) is 4.63. The summed E-state index contributed by atoms with van der Waals surface area (Å²) in [5.74, 6) is 0.979. The van der Waals surface area contributed by atoms with Crippen LogP contribution in [-0.2, 0) is 28.6 Å². The van der Waals surface area contributed by atoms with E-state index in [0.717, 1.165) is 23.4 Å². The van der Waals surface area contributed by atoms with Crippen LogP contribution in [0.5, 0.6) is 5.75 Å². The lowest BCUT2D eigenvalue weighted by Crippen LogP contribution is -2.07. The number of sulfone groups is 1. The summed E-state index contributed by atoms with van der Waals surface area (Å²) >= 11 is 0. The van der Waals surface area contributed by atoms with Crippen LogP contribution in [0.2, 0.25) is 0 Å². The maximum absolute atomic E-state index is 11.6. The molecule has 0 N–H and O–H groups in total. The van der Waals surface area contributed by atoms with Crippen molar-refractivity contribution >= 4 is 9.84 Å². The molecule has 2 aromatic rings. The quantitative estimate of drug-likeness (QED) is 0.762. The molecule has 0 saturated carbocycles. The van der Waals surface area contributed by atoms with Gasteiger partial charge in [-0.15, -0.1) is 0 Å². The third kappa shape index (κ3) is 5.06. The van der Waals surface area contributed by atoms with E-state index in [9.17, 15) is 8.42 Å².